The lowest BCUT2D eigenvalue weighted by Crippen LogP contribution is -2.07. The lowest BCUT2D eigenvalue weighted by molar-refractivity contribution is -0.111. The molecule has 1 aromatic carbocycles. The maximum atomic E-state index is 12.1. The summed E-state index contributed by atoms with van der Waals surface area (Å²) in [6, 6.07) is 7.69. The Hall–Kier alpha value is -2.93. The molecule has 6 nitrogen and oxygen atoms in total. The molecule has 0 fully saturated rings. The van der Waals surface area contributed by atoms with Gasteiger partial charge in [-0.25, -0.2) is 9.78 Å². The number of esters is 1. The summed E-state index contributed by atoms with van der Waals surface area (Å²) >= 11 is 1.06. The topological polar surface area (TPSA) is 81.4 Å². The zero-order valence-corrected chi connectivity index (χ0v) is 14.6. The minimum Gasteiger partial charge on any atom is -0.465 e. The van der Waals surface area contributed by atoms with Crippen molar-refractivity contribution in [3.05, 3.63) is 52.7 Å². The van der Waals surface area contributed by atoms with Gasteiger partial charge in [0.05, 0.1) is 13.3 Å². The van der Waals surface area contributed by atoms with Gasteiger partial charge in [-0.15, -0.1) is 0 Å². The number of rotatable bonds is 5. The number of carbonyl (C=O) groups excluding carboxylic acids is 2. The Labute approximate surface area is 148 Å². The van der Waals surface area contributed by atoms with Gasteiger partial charge in [0.2, 0.25) is 5.91 Å². The van der Waals surface area contributed by atoms with Crippen LogP contribution in [0.5, 0.6) is 0 Å². The number of furan rings is 1. The smallest absolute Gasteiger partial charge is 0.349 e. The molecular weight excluding hydrogens is 340 g/mol. The lowest BCUT2D eigenvalue weighted by Gasteiger charge is -1.97. The van der Waals surface area contributed by atoms with E-state index in [1.807, 2.05) is 31.2 Å². The molecule has 0 spiro atoms. The van der Waals surface area contributed by atoms with E-state index in [1.54, 1.807) is 6.08 Å². The second kappa shape index (κ2) is 7.31. The molecule has 25 heavy (non-hydrogen) atoms. The van der Waals surface area contributed by atoms with Crippen LogP contribution >= 0.6 is 11.3 Å². The SMILES string of the molecule is CCc1oc2ccccc2c1C=CC(=O)Nc1ncc(C(=O)OC)s1. The zero-order valence-electron chi connectivity index (χ0n) is 13.7. The summed E-state index contributed by atoms with van der Waals surface area (Å²) in [7, 11) is 1.30. The number of nitrogens with one attached hydrogen (secondary N) is 1. The highest BCUT2D eigenvalue weighted by Crippen LogP contribution is 2.27. The summed E-state index contributed by atoms with van der Waals surface area (Å²) in [5.41, 5.74) is 1.68. The third-order valence-electron chi connectivity index (χ3n) is 3.56. The van der Waals surface area contributed by atoms with E-state index >= 15 is 0 Å². The van der Waals surface area contributed by atoms with Crippen molar-refractivity contribution in [3.63, 3.8) is 0 Å². The Bertz CT molecular complexity index is 955. The van der Waals surface area contributed by atoms with Gasteiger partial charge in [-0.1, -0.05) is 36.5 Å². The monoisotopic (exact) mass is 356 g/mol. The molecule has 1 amide bonds. The number of benzene rings is 1. The van der Waals surface area contributed by atoms with Gasteiger partial charge in [0, 0.05) is 23.4 Å². The number of methoxy groups -OCH3 is 1. The second-order valence-corrected chi connectivity index (χ2v) is 6.16. The molecule has 7 heteroatoms. The highest BCUT2D eigenvalue weighted by molar-refractivity contribution is 7.17. The van der Waals surface area contributed by atoms with Crippen molar-refractivity contribution in [1.82, 2.24) is 4.98 Å². The number of aromatic nitrogens is 1. The molecule has 0 atom stereocenters. The fourth-order valence-electron chi connectivity index (χ4n) is 2.39. The Morgan fingerprint density at radius 3 is 2.92 bits per heavy atom. The van der Waals surface area contributed by atoms with E-state index in [4.69, 9.17) is 4.42 Å². The number of hydrogen-bond acceptors (Lipinski definition) is 6. The third kappa shape index (κ3) is 3.61. The molecule has 2 aromatic heterocycles. The first kappa shape index (κ1) is 16.9. The van der Waals surface area contributed by atoms with Crippen LogP contribution in [0.4, 0.5) is 5.13 Å². The first-order valence-corrected chi connectivity index (χ1v) is 8.47. The minimum absolute atomic E-state index is 0.330. The predicted molar refractivity (Wildman–Crippen MR) is 96.7 cm³/mol. The van der Waals surface area contributed by atoms with Crippen molar-refractivity contribution in [2.75, 3.05) is 12.4 Å². The Balaban J connectivity index is 1.77. The summed E-state index contributed by atoms with van der Waals surface area (Å²) < 4.78 is 10.4. The van der Waals surface area contributed by atoms with Gasteiger partial charge in [-0.2, -0.15) is 0 Å². The number of amides is 1. The number of fused-ring (bicyclic) bond motifs is 1. The molecule has 3 aromatic rings. The molecule has 3 rings (SSSR count). The van der Waals surface area contributed by atoms with Crippen molar-refractivity contribution < 1.29 is 18.7 Å². The molecule has 1 N–H and O–H groups in total. The maximum absolute atomic E-state index is 12.1. The lowest BCUT2D eigenvalue weighted by atomic mass is 10.1. The van der Waals surface area contributed by atoms with Crippen LogP contribution in [0.3, 0.4) is 0 Å². The van der Waals surface area contributed by atoms with Crippen LogP contribution in [0.1, 0.15) is 27.9 Å². The van der Waals surface area contributed by atoms with Crippen LogP contribution in [-0.2, 0) is 16.0 Å². The summed E-state index contributed by atoms with van der Waals surface area (Å²) in [5, 5.41) is 3.93. The molecule has 0 aliphatic heterocycles. The highest BCUT2D eigenvalue weighted by atomic mass is 32.1. The van der Waals surface area contributed by atoms with E-state index < -0.39 is 5.97 Å². The molecule has 0 bridgehead atoms. The van der Waals surface area contributed by atoms with Crippen molar-refractivity contribution in [2.24, 2.45) is 0 Å². The Morgan fingerprint density at radius 2 is 2.16 bits per heavy atom. The summed E-state index contributed by atoms with van der Waals surface area (Å²) in [6.45, 7) is 2.00. The average Bonchev–Trinajstić information content (AvgIpc) is 3.23. The van der Waals surface area contributed by atoms with E-state index in [2.05, 4.69) is 15.0 Å². The molecule has 0 radical (unpaired) electrons. The number of hydrogen-bond donors (Lipinski definition) is 1. The second-order valence-electron chi connectivity index (χ2n) is 5.13. The molecule has 0 saturated carbocycles. The maximum Gasteiger partial charge on any atom is 0.349 e. The number of ether oxygens (including phenoxy) is 1. The number of anilines is 1. The number of nitrogens with zero attached hydrogens (tertiary/aromatic N) is 1. The van der Waals surface area contributed by atoms with Crippen LogP contribution in [0.25, 0.3) is 17.0 Å². The van der Waals surface area contributed by atoms with Crippen molar-refractivity contribution in [2.45, 2.75) is 13.3 Å². The first-order valence-electron chi connectivity index (χ1n) is 7.66. The highest BCUT2D eigenvalue weighted by Gasteiger charge is 2.12. The van der Waals surface area contributed by atoms with Crippen LogP contribution in [-0.4, -0.2) is 24.0 Å². The predicted octanol–water partition coefficient (Wildman–Crippen LogP) is 3.89. The van der Waals surface area contributed by atoms with Crippen LogP contribution in [0.15, 0.2) is 41.0 Å². The van der Waals surface area contributed by atoms with Gasteiger partial charge in [0.1, 0.15) is 16.2 Å². The van der Waals surface area contributed by atoms with E-state index in [0.717, 1.165) is 40.1 Å². The van der Waals surface area contributed by atoms with Gasteiger partial charge in [-0.05, 0) is 12.1 Å². The zero-order chi connectivity index (χ0) is 17.8. The summed E-state index contributed by atoms with van der Waals surface area (Å²) in [4.78, 5) is 27.8. The fourth-order valence-corrected chi connectivity index (χ4v) is 3.13. The summed E-state index contributed by atoms with van der Waals surface area (Å²) in [5.74, 6) is 0.0107. The summed E-state index contributed by atoms with van der Waals surface area (Å²) in [6.07, 6.45) is 5.25. The number of aryl methyl sites for hydroxylation is 1. The fraction of sp³-hybridized carbons (Fsp3) is 0.167. The third-order valence-corrected chi connectivity index (χ3v) is 4.45. The van der Waals surface area contributed by atoms with Gasteiger partial charge in [-0.3, -0.25) is 10.1 Å². The van der Waals surface area contributed by atoms with Gasteiger partial charge in [0.15, 0.2) is 5.13 Å². The normalized spacial score (nSPS) is 11.1. The molecule has 2 heterocycles. The van der Waals surface area contributed by atoms with E-state index in [1.165, 1.54) is 19.4 Å². The van der Waals surface area contributed by atoms with Crippen LogP contribution < -0.4 is 5.32 Å². The number of thiazole rings is 1. The number of para-hydroxylation sites is 1. The average molecular weight is 356 g/mol. The van der Waals surface area contributed by atoms with E-state index in [-0.39, 0.29) is 5.91 Å². The minimum atomic E-state index is -0.481. The van der Waals surface area contributed by atoms with Gasteiger partial charge in [0.25, 0.3) is 0 Å². The quantitative estimate of drug-likeness (QED) is 0.554. The standard InChI is InChI=1S/C18H16N2O4S/c1-3-13-12(11-6-4-5-7-14(11)24-13)8-9-16(21)20-18-19-10-15(25-18)17(22)23-2/h4-10H,3H2,1-2H3,(H,19,20,21). The Morgan fingerprint density at radius 1 is 1.36 bits per heavy atom. The first-order chi connectivity index (χ1) is 12.1. The molecule has 0 aliphatic carbocycles. The van der Waals surface area contributed by atoms with E-state index in [0.29, 0.717) is 10.0 Å². The molecule has 128 valence electrons. The van der Waals surface area contributed by atoms with Crippen molar-refractivity contribution in [1.29, 1.82) is 0 Å². The van der Waals surface area contributed by atoms with Crippen LogP contribution in [0, 0.1) is 0 Å². The van der Waals surface area contributed by atoms with Gasteiger partial charge >= 0.3 is 5.97 Å². The van der Waals surface area contributed by atoms with Crippen molar-refractivity contribution >= 4 is 45.4 Å². The number of carbonyl (C=O) groups is 2. The van der Waals surface area contributed by atoms with Gasteiger partial charge < -0.3 is 9.15 Å². The largest absolute Gasteiger partial charge is 0.465 e. The molecule has 0 unspecified atom stereocenters. The molecule has 0 saturated heterocycles. The Kier molecular flexibility index (Phi) is 4.95. The van der Waals surface area contributed by atoms with Crippen molar-refractivity contribution in [3.8, 4) is 0 Å². The van der Waals surface area contributed by atoms with Crippen LogP contribution in [0.2, 0.25) is 0 Å². The molecule has 0 aliphatic rings. The molecular formula is C18H16N2O4S. The van der Waals surface area contributed by atoms with E-state index in [9.17, 15) is 9.59 Å².